The summed E-state index contributed by atoms with van der Waals surface area (Å²) in [5.74, 6) is -1.69. The normalized spacial score (nSPS) is 44.8. The van der Waals surface area contributed by atoms with Crippen LogP contribution in [0, 0.1) is 0 Å². The van der Waals surface area contributed by atoms with Crippen LogP contribution in [0.25, 0.3) is 0 Å². The van der Waals surface area contributed by atoms with E-state index in [9.17, 15) is 10.2 Å². The molecule has 2 N–H and O–H groups in total. The van der Waals surface area contributed by atoms with Gasteiger partial charge in [-0.3, -0.25) is 0 Å². The van der Waals surface area contributed by atoms with Crippen LogP contribution in [0.15, 0.2) is 0 Å². The van der Waals surface area contributed by atoms with Gasteiger partial charge in [0.2, 0.25) is 0 Å². The molecule has 6 nitrogen and oxygen atoms in total. The lowest BCUT2D eigenvalue weighted by Crippen LogP contribution is -2.55. The highest BCUT2D eigenvalue weighted by Crippen LogP contribution is 2.34. The van der Waals surface area contributed by atoms with Crippen molar-refractivity contribution < 1.29 is 29.2 Å². The van der Waals surface area contributed by atoms with Crippen LogP contribution in [0.2, 0.25) is 0 Å². The summed E-state index contributed by atoms with van der Waals surface area (Å²) in [4.78, 5) is 0. The highest BCUT2D eigenvalue weighted by atomic mass is 16.8. The standard InChI is InChI=1S/C11H20O6/c1-10(2)14-5-6(12)7(15-10)8-9(13)17-11(3,4)16-8/h6-9,12-13H,5H2,1-4H3. The third-order valence-corrected chi connectivity index (χ3v) is 2.83. The van der Waals surface area contributed by atoms with Crippen LogP contribution in [0.3, 0.4) is 0 Å². The molecule has 4 unspecified atom stereocenters. The van der Waals surface area contributed by atoms with Crippen molar-refractivity contribution >= 4 is 0 Å². The molecular formula is C11H20O6. The second kappa shape index (κ2) is 4.15. The van der Waals surface area contributed by atoms with Crippen LogP contribution < -0.4 is 0 Å². The van der Waals surface area contributed by atoms with Gasteiger partial charge in [-0.05, 0) is 27.7 Å². The number of rotatable bonds is 1. The van der Waals surface area contributed by atoms with Crippen molar-refractivity contribution in [1.29, 1.82) is 0 Å². The number of hydrogen-bond donors (Lipinski definition) is 2. The van der Waals surface area contributed by atoms with Crippen molar-refractivity contribution in [3.8, 4) is 0 Å². The minimum absolute atomic E-state index is 0.144. The van der Waals surface area contributed by atoms with Gasteiger partial charge in [0.1, 0.15) is 18.3 Å². The molecule has 0 saturated carbocycles. The zero-order valence-electron chi connectivity index (χ0n) is 10.5. The number of aliphatic hydroxyl groups is 2. The van der Waals surface area contributed by atoms with E-state index in [4.69, 9.17) is 18.9 Å². The highest BCUT2D eigenvalue weighted by molar-refractivity contribution is 4.89. The van der Waals surface area contributed by atoms with Crippen LogP contribution in [0.1, 0.15) is 27.7 Å². The van der Waals surface area contributed by atoms with E-state index in [0.29, 0.717) is 0 Å². The Morgan fingerprint density at radius 1 is 0.882 bits per heavy atom. The van der Waals surface area contributed by atoms with Crippen molar-refractivity contribution in [3.05, 3.63) is 0 Å². The lowest BCUT2D eigenvalue weighted by atomic mass is 10.1. The summed E-state index contributed by atoms with van der Waals surface area (Å²) in [6.07, 6.45) is -3.35. The molecule has 0 radical (unpaired) electrons. The summed E-state index contributed by atoms with van der Waals surface area (Å²) in [5, 5.41) is 19.6. The van der Waals surface area contributed by atoms with Gasteiger partial charge in [0.15, 0.2) is 17.9 Å². The molecule has 2 rings (SSSR count). The van der Waals surface area contributed by atoms with Gasteiger partial charge in [-0.25, -0.2) is 0 Å². The smallest absolute Gasteiger partial charge is 0.187 e. The van der Waals surface area contributed by atoms with Gasteiger partial charge in [0, 0.05) is 0 Å². The summed E-state index contributed by atoms with van der Waals surface area (Å²) >= 11 is 0. The molecule has 17 heavy (non-hydrogen) atoms. The second-order valence-corrected chi connectivity index (χ2v) is 5.35. The summed E-state index contributed by atoms with van der Waals surface area (Å²) in [5.41, 5.74) is 0. The number of hydrogen-bond acceptors (Lipinski definition) is 6. The summed E-state index contributed by atoms with van der Waals surface area (Å²) in [6.45, 7) is 7.04. The Labute approximate surface area is 100 Å². The minimum atomic E-state index is -1.11. The molecule has 0 bridgehead atoms. The molecule has 2 heterocycles. The van der Waals surface area contributed by atoms with Crippen molar-refractivity contribution in [1.82, 2.24) is 0 Å². The lowest BCUT2D eigenvalue weighted by Gasteiger charge is -2.41. The van der Waals surface area contributed by atoms with Crippen LogP contribution in [0.4, 0.5) is 0 Å². The molecule has 2 aliphatic rings. The quantitative estimate of drug-likeness (QED) is 0.678. The van der Waals surface area contributed by atoms with E-state index in [2.05, 4.69) is 0 Å². The Morgan fingerprint density at radius 3 is 2.00 bits per heavy atom. The maximum atomic E-state index is 9.85. The summed E-state index contributed by atoms with van der Waals surface area (Å²) in [6, 6.07) is 0. The first-order chi connectivity index (χ1) is 7.70. The fourth-order valence-corrected chi connectivity index (χ4v) is 2.11. The third-order valence-electron chi connectivity index (χ3n) is 2.83. The lowest BCUT2D eigenvalue weighted by molar-refractivity contribution is -0.325. The third kappa shape index (κ3) is 2.78. The largest absolute Gasteiger partial charge is 0.388 e. The fourth-order valence-electron chi connectivity index (χ4n) is 2.11. The Bertz CT molecular complexity index is 290. The van der Waals surface area contributed by atoms with Crippen molar-refractivity contribution in [2.75, 3.05) is 6.61 Å². The maximum absolute atomic E-state index is 9.85. The second-order valence-electron chi connectivity index (χ2n) is 5.35. The maximum Gasteiger partial charge on any atom is 0.187 e. The molecule has 2 saturated heterocycles. The van der Waals surface area contributed by atoms with Crippen LogP contribution in [0.5, 0.6) is 0 Å². The van der Waals surface area contributed by atoms with E-state index in [0.717, 1.165) is 0 Å². The highest BCUT2D eigenvalue weighted by Gasteiger charge is 2.50. The van der Waals surface area contributed by atoms with Gasteiger partial charge in [0.05, 0.1) is 6.61 Å². The molecule has 0 aromatic heterocycles. The van der Waals surface area contributed by atoms with Crippen molar-refractivity contribution in [2.45, 2.75) is 63.9 Å². The zero-order valence-corrected chi connectivity index (χ0v) is 10.5. The average molecular weight is 248 g/mol. The van der Waals surface area contributed by atoms with E-state index in [1.807, 2.05) is 0 Å². The van der Waals surface area contributed by atoms with Crippen LogP contribution in [-0.4, -0.2) is 53.0 Å². The monoisotopic (exact) mass is 248 g/mol. The number of ether oxygens (including phenoxy) is 4. The molecule has 0 aromatic rings. The van der Waals surface area contributed by atoms with Crippen LogP contribution >= 0.6 is 0 Å². The van der Waals surface area contributed by atoms with Gasteiger partial charge in [-0.15, -0.1) is 0 Å². The molecular weight excluding hydrogens is 228 g/mol. The Hall–Kier alpha value is -0.240. The Kier molecular flexibility index (Phi) is 3.22. The molecule has 6 heteroatoms. The molecule has 0 aliphatic carbocycles. The number of aliphatic hydroxyl groups excluding tert-OH is 2. The Morgan fingerprint density at radius 2 is 1.47 bits per heavy atom. The van der Waals surface area contributed by atoms with E-state index >= 15 is 0 Å². The fraction of sp³-hybridized carbons (Fsp3) is 1.00. The Balaban J connectivity index is 2.10. The predicted octanol–water partition coefficient (Wildman–Crippen LogP) is -0.0313. The first kappa shape index (κ1) is 13.2. The van der Waals surface area contributed by atoms with E-state index < -0.39 is 36.2 Å². The van der Waals surface area contributed by atoms with Gasteiger partial charge >= 0.3 is 0 Å². The van der Waals surface area contributed by atoms with Gasteiger partial charge in [-0.2, -0.15) is 0 Å². The molecule has 2 fully saturated rings. The predicted molar refractivity (Wildman–Crippen MR) is 57.0 cm³/mol. The molecule has 0 spiro atoms. The summed E-state index contributed by atoms with van der Waals surface area (Å²) < 4.78 is 21.7. The molecule has 4 atom stereocenters. The topological polar surface area (TPSA) is 77.4 Å². The molecule has 0 aromatic carbocycles. The van der Waals surface area contributed by atoms with E-state index in [-0.39, 0.29) is 6.61 Å². The summed E-state index contributed by atoms with van der Waals surface area (Å²) in [7, 11) is 0. The molecule has 100 valence electrons. The van der Waals surface area contributed by atoms with Gasteiger partial charge in [0.25, 0.3) is 0 Å². The van der Waals surface area contributed by atoms with Crippen LogP contribution in [-0.2, 0) is 18.9 Å². The SMILES string of the molecule is CC1(C)OCC(O)C(C2OC(C)(C)OC2O)O1. The molecule has 2 aliphatic heterocycles. The van der Waals surface area contributed by atoms with Gasteiger partial charge < -0.3 is 29.2 Å². The zero-order chi connectivity index (χ0) is 12.8. The molecule has 0 amide bonds. The van der Waals surface area contributed by atoms with E-state index in [1.54, 1.807) is 27.7 Å². The van der Waals surface area contributed by atoms with Crippen molar-refractivity contribution in [2.24, 2.45) is 0 Å². The average Bonchev–Trinajstić information content (AvgIpc) is 2.44. The van der Waals surface area contributed by atoms with Gasteiger partial charge in [-0.1, -0.05) is 0 Å². The first-order valence-corrected chi connectivity index (χ1v) is 5.74. The van der Waals surface area contributed by atoms with E-state index in [1.165, 1.54) is 0 Å². The minimum Gasteiger partial charge on any atom is -0.388 e. The first-order valence-electron chi connectivity index (χ1n) is 5.74. The van der Waals surface area contributed by atoms with Crippen molar-refractivity contribution in [3.63, 3.8) is 0 Å².